The number of likely N-dealkylation sites (tertiary alicyclic amines) is 1. The maximum atomic E-state index is 13.0. The topological polar surface area (TPSA) is 75.9 Å². The van der Waals surface area contributed by atoms with Gasteiger partial charge in [-0.2, -0.15) is 13.2 Å². The van der Waals surface area contributed by atoms with Crippen molar-refractivity contribution < 1.29 is 18.0 Å². The standard InChI is InChI=1S/C18H18F3N5O2/c1-24-16(18(19,20)21)23-26(17(24)28)12-6-8-25(9-7-12)15(27)14-10-11-4-2-3-5-13(11)22-14/h2-5,10,12,22H,6-9H2,1H3. The van der Waals surface area contributed by atoms with E-state index >= 15 is 0 Å². The lowest BCUT2D eigenvalue weighted by Gasteiger charge is -2.31. The summed E-state index contributed by atoms with van der Waals surface area (Å²) in [7, 11) is 1.06. The Kier molecular flexibility index (Phi) is 4.28. The number of nitrogens with zero attached hydrogens (tertiary/aromatic N) is 4. The number of fused-ring (bicyclic) bond motifs is 1. The summed E-state index contributed by atoms with van der Waals surface area (Å²) in [5, 5.41) is 4.42. The molecule has 0 saturated carbocycles. The van der Waals surface area contributed by atoms with Crippen LogP contribution < -0.4 is 5.69 Å². The molecule has 0 radical (unpaired) electrons. The number of aromatic amines is 1. The van der Waals surface area contributed by atoms with Crippen LogP contribution in [0.5, 0.6) is 0 Å². The van der Waals surface area contributed by atoms with Gasteiger partial charge in [0, 0.05) is 31.0 Å². The zero-order valence-corrected chi connectivity index (χ0v) is 15.0. The maximum Gasteiger partial charge on any atom is 0.451 e. The zero-order chi connectivity index (χ0) is 20.1. The van der Waals surface area contributed by atoms with E-state index in [2.05, 4.69) is 10.1 Å². The molecule has 2 aromatic heterocycles. The minimum atomic E-state index is -4.69. The van der Waals surface area contributed by atoms with E-state index in [0.717, 1.165) is 22.6 Å². The number of hydrogen-bond donors (Lipinski definition) is 1. The molecule has 1 aromatic carbocycles. The predicted molar refractivity (Wildman–Crippen MR) is 94.9 cm³/mol. The fraction of sp³-hybridized carbons (Fsp3) is 0.389. The summed E-state index contributed by atoms with van der Waals surface area (Å²) in [6, 6.07) is 8.85. The highest BCUT2D eigenvalue weighted by atomic mass is 19.4. The molecule has 10 heteroatoms. The summed E-state index contributed by atoms with van der Waals surface area (Å²) in [6.45, 7) is 0.673. The van der Waals surface area contributed by atoms with Crippen LogP contribution in [0.15, 0.2) is 35.1 Å². The first kappa shape index (κ1) is 18.3. The molecular weight excluding hydrogens is 375 g/mol. The van der Waals surface area contributed by atoms with Crippen molar-refractivity contribution in [2.45, 2.75) is 25.1 Å². The van der Waals surface area contributed by atoms with E-state index in [-0.39, 0.29) is 5.91 Å². The molecule has 3 heterocycles. The van der Waals surface area contributed by atoms with Gasteiger partial charge in [0.25, 0.3) is 5.91 Å². The molecule has 0 atom stereocenters. The Labute approximate surface area is 157 Å². The highest BCUT2D eigenvalue weighted by molar-refractivity contribution is 5.98. The highest BCUT2D eigenvalue weighted by Gasteiger charge is 2.39. The molecule has 4 rings (SSSR count). The minimum Gasteiger partial charge on any atom is -0.351 e. The van der Waals surface area contributed by atoms with Crippen molar-refractivity contribution in [3.8, 4) is 0 Å². The van der Waals surface area contributed by atoms with Crippen molar-refractivity contribution in [2.24, 2.45) is 7.05 Å². The van der Waals surface area contributed by atoms with E-state index in [4.69, 9.17) is 0 Å². The van der Waals surface area contributed by atoms with Gasteiger partial charge in [0.05, 0.1) is 6.04 Å². The average molecular weight is 393 g/mol. The zero-order valence-electron chi connectivity index (χ0n) is 15.0. The van der Waals surface area contributed by atoms with Crippen LogP contribution in [0.3, 0.4) is 0 Å². The lowest BCUT2D eigenvalue weighted by Crippen LogP contribution is -2.41. The largest absolute Gasteiger partial charge is 0.451 e. The van der Waals surface area contributed by atoms with Gasteiger partial charge < -0.3 is 9.88 Å². The average Bonchev–Trinajstić information content (AvgIpc) is 3.23. The molecule has 1 aliphatic rings. The summed E-state index contributed by atoms with van der Waals surface area (Å²) in [6.07, 6.45) is -3.97. The van der Waals surface area contributed by atoms with Crippen LogP contribution in [0.4, 0.5) is 13.2 Å². The second-order valence-electron chi connectivity index (χ2n) is 6.90. The van der Waals surface area contributed by atoms with Gasteiger partial charge in [-0.05, 0) is 25.0 Å². The third kappa shape index (κ3) is 3.08. The summed E-state index contributed by atoms with van der Waals surface area (Å²) in [5.74, 6) is -1.38. The van der Waals surface area contributed by atoms with E-state index in [0.29, 0.717) is 36.2 Å². The van der Waals surface area contributed by atoms with Crippen molar-refractivity contribution >= 4 is 16.8 Å². The van der Waals surface area contributed by atoms with Crippen LogP contribution in [-0.2, 0) is 13.2 Å². The molecule has 28 heavy (non-hydrogen) atoms. The first-order valence-electron chi connectivity index (χ1n) is 8.85. The lowest BCUT2D eigenvalue weighted by molar-refractivity contribution is -0.147. The first-order chi connectivity index (χ1) is 13.3. The van der Waals surface area contributed by atoms with Gasteiger partial charge in [0.15, 0.2) is 0 Å². The second kappa shape index (κ2) is 6.54. The van der Waals surface area contributed by atoms with Crippen LogP contribution in [0, 0.1) is 0 Å². The highest BCUT2D eigenvalue weighted by Crippen LogP contribution is 2.28. The summed E-state index contributed by atoms with van der Waals surface area (Å²) >= 11 is 0. The molecule has 1 N–H and O–H groups in total. The number of aromatic nitrogens is 4. The maximum absolute atomic E-state index is 13.0. The van der Waals surface area contributed by atoms with Gasteiger partial charge in [-0.25, -0.2) is 9.48 Å². The van der Waals surface area contributed by atoms with Crippen LogP contribution >= 0.6 is 0 Å². The Morgan fingerprint density at radius 3 is 2.50 bits per heavy atom. The number of amides is 1. The predicted octanol–water partition coefficient (Wildman–Crippen LogP) is 2.56. The van der Waals surface area contributed by atoms with Gasteiger partial charge in [-0.15, -0.1) is 5.10 Å². The van der Waals surface area contributed by atoms with Crippen molar-refractivity contribution in [2.75, 3.05) is 13.1 Å². The Morgan fingerprint density at radius 2 is 1.89 bits per heavy atom. The molecule has 1 amide bonds. The third-order valence-corrected chi connectivity index (χ3v) is 5.11. The smallest absolute Gasteiger partial charge is 0.351 e. The van der Waals surface area contributed by atoms with Crippen LogP contribution in [0.25, 0.3) is 10.9 Å². The molecule has 1 saturated heterocycles. The molecule has 3 aromatic rings. The number of nitrogens with one attached hydrogen (secondary N) is 1. The lowest BCUT2D eigenvalue weighted by atomic mass is 10.1. The quantitative estimate of drug-likeness (QED) is 0.727. The number of para-hydroxylation sites is 1. The number of benzene rings is 1. The van der Waals surface area contributed by atoms with Crippen LogP contribution in [0.1, 0.15) is 35.2 Å². The van der Waals surface area contributed by atoms with Crippen LogP contribution in [0.2, 0.25) is 0 Å². The Bertz CT molecular complexity index is 1050. The number of H-pyrrole nitrogens is 1. The number of alkyl halides is 3. The Balaban J connectivity index is 1.49. The number of piperidine rings is 1. The molecule has 1 aliphatic heterocycles. The van der Waals surface area contributed by atoms with Crippen molar-refractivity contribution in [1.82, 2.24) is 24.2 Å². The molecule has 0 spiro atoms. The number of hydrogen-bond acceptors (Lipinski definition) is 3. The van der Waals surface area contributed by atoms with E-state index < -0.39 is 23.7 Å². The van der Waals surface area contributed by atoms with Crippen LogP contribution in [-0.4, -0.2) is 43.2 Å². The number of carbonyl (C=O) groups is 1. The molecule has 1 fully saturated rings. The van der Waals surface area contributed by atoms with Crippen molar-refractivity contribution in [3.63, 3.8) is 0 Å². The van der Waals surface area contributed by atoms with Gasteiger partial charge in [0.1, 0.15) is 5.69 Å². The van der Waals surface area contributed by atoms with Gasteiger partial charge >= 0.3 is 11.9 Å². The monoisotopic (exact) mass is 393 g/mol. The summed E-state index contributed by atoms with van der Waals surface area (Å²) in [4.78, 5) is 29.6. The van der Waals surface area contributed by atoms with Gasteiger partial charge in [-0.3, -0.25) is 9.36 Å². The van der Waals surface area contributed by atoms with Gasteiger partial charge in [-0.1, -0.05) is 18.2 Å². The van der Waals surface area contributed by atoms with Crippen molar-refractivity contribution in [1.29, 1.82) is 0 Å². The van der Waals surface area contributed by atoms with E-state index in [1.807, 2.05) is 24.3 Å². The Morgan fingerprint density at radius 1 is 1.21 bits per heavy atom. The van der Waals surface area contributed by atoms with E-state index in [1.165, 1.54) is 0 Å². The van der Waals surface area contributed by atoms with E-state index in [1.54, 1.807) is 11.0 Å². The fourth-order valence-electron chi connectivity index (χ4n) is 3.61. The summed E-state index contributed by atoms with van der Waals surface area (Å²) in [5.41, 5.74) is 0.530. The normalized spacial score (nSPS) is 16.1. The molecule has 0 bridgehead atoms. The molecule has 7 nitrogen and oxygen atoms in total. The molecule has 148 valence electrons. The minimum absolute atomic E-state index is 0.168. The number of carbonyl (C=O) groups excluding carboxylic acids is 1. The van der Waals surface area contributed by atoms with E-state index in [9.17, 15) is 22.8 Å². The first-order valence-corrected chi connectivity index (χ1v) is 8.85. The van der Waals surface area contributed by atoms with Crippen molar-refractivity contribution in [3.05, 3.63) is 52.3 Å². The Hall–Kier alpha value is -3.04. The molecular formula is C18H18F3N5O2. The second-order valence-corrected chi connectivity index (χ2v) is 6.90. The molecule has 0 unspecified atom stereocenters. The molecule has 0 aliphatic carbocycles. The SMILES string of the molecule is Cn1c(C(F)(F)F)nn(C2CCN(C(=O)c3cc4ccccc4[nH]3)CC2)c1=O. The summed E-state index contributed by atoms with van der Waals surface area (Å²) < 4.78 is 40.3. The number of halogens is 3. The third-order valence-electron chi connectivity index (χ3n) is 5.11. The van der Waals surface area contributed by atoms with Gasteiger partial charge in [0.2, 0.25) is 5.82 Å². The number of rotatable bonds is 2. The fourth-order valence-corrected chi connectivity index (χ4v) is 3.61.